The quantitative estimate of drug-likeness (QED) is 0.660. The lowest BCUT2D eigenvalue weighted by molar-refractivity contribution is 0.772. The monoisotopic (exact) mass is 209 g/mol. The van der Waals surface area contributed by atoms with E-state index in [4.69, 9.17) is 0 Å². The van der Waals surface area contributed by atoms with E-state index in [1.165, 1.54) is 19.3 Å². The molecule has 0 radical (unpaired) electrons. The minimum absolute atomic E-state index is 1.06. The third-order valence-corrected chi connectivity index (χ3v) is 1.85. The molecular weight excluding hydrogens is 182 g/mol. The van der Waals surface area contributed by atoms with Crippen LogP contribution in [0.1, 0.15) is 47.0 Å². The molecule has 0 fully saturated rings. The first kappa shape index (κ1) is 16.4. The summed E-state index contributed by atoms with van der Waals surface area (Å²) in [4.78, 5) is 0. The smallest absolute Gasteiger partial charge is 0.0294 e. The summed E-state index contributed by atoms with van der Waals surface area (Å²) in [6, 6.07) is 0. The fourth-order valence-corrected chi connectivity index (χ4v) is 0.909. The Morgan fingerprint density at radius 3 is 1.93 bits per heavy atom. The maximum Gasteiger partial charge on any atom is 0.0294 e. The molecule has 1 nitrogen and oxygen atoms in total. The van der Waals surface area contributed by atoms with E-state index in [-0.39, 0.29) is 0 Å². The number of unbranched alkanes of at least 4 members (excludes halogenated alkanes) is 2. The van der Waals surface area contributed by atoms with Crippen molar-refractivity contribution in [2.24, 2.45) is 0 Å². The highest BCUT2D eigenvalue weighted by Gasteiger charge is 1.80. The molecule has 15 heavy (non-hydrogen) atoms. The van der Waals surface area contributed by atoms with Gasteiger partial charge >= 0.3 is 0 Å². The molecule has 0 amide bonds. The highest BCUT2D eigenvalue weighted by Crippen LogP contribution is 1.94. The average Bonchev–Trinajstić information content (AvgIpc) is 2.21. The van der Waals surface area contributed by atoms with E-state index in [0.717, 1.165) is 11.3 Å². The minimum atomic E-state index is 1.06. The first-order valence-electron chi connectivity index (χ1n) is 5.79. The average molecular weight is 209 g/mol. The van der Waals surface area contributed by atoms with Crippen molar-refractivity contribution in [3.8, 4) is 0 Å². The minimum Gasteiger partial charge on any atom is -0.388 e. The number of rotatable bonds is 5. The topological polar surface area (TPSA) is 12.0 Å². The van der Waals surface area contributed by atoms with Gasteiger partial charge in [-0.05, 0) is 19.9 Å². The number of allylic oxidation sites excluding steroid dienone is 4. The van der Waals surface area contributed by atoms with E-state index in [1.807, 2.05) is 39.1 Å². The zero-order chi connectivity index (χ0) is 12.1. The van der Waals surface area contributed by atoms with E-state index in [1.54, 1.807) is 0 Å². The van der Waals surface area contributed by atoms with Gasteiger partial charge in [0.25, 0.3) is 0 Å². The third kappa shape index (κ3) is 15.7. The maximum atomic E-state index is 3.75. The van der Waals surface area contributed by atoms with Gasteiger partial charge in [0, 0.05) is 12.7 Å². The fraction of sp³-hybridized carbons (Fsp3) is 0.571. The molecular formula is C14H27N. The second kappa shape index (κ2) is 13.0. The van der Waals surface area contributed by atoms with Crippen LogP contribution in [-0.2, 0) is 0 Å². The fourth-order valence-electron chi connectivity index (χ4n) is 0.909. The lowest BCUT2D eigenvalue weighted by Crippen LogP contribution is -2.01. The maximum absolute atomic E-state index is 3.75. The molecule has 0 heterocycles. The summed E-state index contributed by atoms with van der Waals surface area (Å²) in [6.07, 6.45) is 10.1. The molecule has 0 aromatic carbocycles. The molecule has 0 aliphatic rings. The molecule has 1 N–H and O–H groups in total. The molecule has 88 valence electrons. The molecule has 0 rings (SSSR count). The Bertz CT molecular complexity index is 197. The molecule has 0 unspecified atom stereocenters. The zero-order valence-corrected chi connectivity index (χ0v) is 11.1. The van der Waals surface area contributed by atoms with Crippen LogP contribution in [-0.4, -0.2) is 7.05 Å². The van der Waals surface area contributed by atoms with Gasteiger partial charge in [-0.1, -0.05) is 57.4 Å². The largest absolute Gasteiger partial charge is 0.388 e. The van der Waals surface area contributed by atoms with Crippen LogP contribution in [0.25, 0.3) is 0 Å². The predicted molar refractivity (Wildman–Crippen MR) is 72.0 cm³/mol. The van der Waals surface area contributed by atoms with Crippen LogP contribution in [0.15, 0.2) is 36.1 Å². The van der Waals surface area contributed by atoms with E-state index in [9.17, 15) is 0 Å². The van der Waals surface area contributed by atoms with E-state index in [0.29, 0.717) is 0 Å². The van der Waals surface area contributed by atoms with Crippen molar-refractivity contribution >= 4 is 0 Å². The van der Waals surface area contributed by atoms with Gasteiger partial charge < -0.3 is 5.32 Å². The molecule has 0 atom stereocenters. The first-order valence-corrected chi connectivity index (χ1v) is 5.79. The van der Waals surface area contributed by atoms with Gasteiger partial charge in [0.2, 0.25) is 0 Å². The highest BCUT2D eigenvalue weighted by atomic mass is 14.8. The number of likely N-dealkylation sites (N-methyl/N-ethyl adjacent to an activating group) is 1. The molecule has 0 bridgehead atoms. The van der Waals surface area contributed by atoms with Crippen molar-refractivity contribution < 1.29 is 0 Å². The Morgan fingerprint density at radius 2 is 1.73 bits per heavy atom. The van der Waals surface area contributed by atoms with Crippen LogP contribution in [0.3, 0.4) is 0 Å². The van der Waals surface area contributed by atoms with Crippen molar-refractivity contribution in [1.29, 1.82) is 0 Å². The van der Waals surface area contributed by atoms with Crippen LogP contribution in [0.5, 0.6) is 0 Å². The lowest BCUT2D eigenvalue weighted by atomic mass is 10.3. The molecule has 1 heteroatoms. The van der Waals surface area contributed by atoms with Crippen LogP contribution in [0.2, 0.25) is 0 Å². The van der Waals surface area contributed by atoms with E-state index < -0.39 is 0 Å². The Hall–Kier alpha value is -0.980. The Kier molecular flexibility index (Phi) is 14.3. The number of nitrogens with one attached hydrogen (secondary N) is 1. The zero-order valence-electron chi connectivity index (χ0n) is 11.1. The van der Waals surface area contributed by atoms with Crippen LogP contribution < -0.4 is 5.32 Å². The van der Waals surface area contributed by atoms with Gasteiger partial charge in [0.1, 0.15) is 0 Å². The summed E-state index contributed by atoms with van der Waals surface area (Å²) in [7, 11) is 1.90. The van der Waals surface area contributed by atoms with Crippen LogP contribution in [0.4, 0.5) is 0 Å². The number of hydrogen-bond donors (Lipinski definition) is 1. The molecule has 0 aromatic rings. The standard InChI is InChI=1S/C9H15N.C5H12/c1-5-9(10-4)7-6-8(2)3;1-3-5-4-2/h5-7,10H,2H2,1,3-4H3;3-5H2,1-2H3/b7-6-,9-5+;. The second-order valence-corrected chi connectivity index (χ2v) is 3.53. The van der Waals surface area contributed by atoms with Crippen LogP contribution in [0, 0.1) is 0 Å². The molecule has 0 aliphatic heterocycles. The van der Waals surface area contributed by atoms with Gasteiger partial charge in [0.15, 0.2) is 0 Å². The molecule has 0 spiro atoms. The summed E-state index contributed by atoms with van der Waals surface area (Å²) < 4.78 is 0. The van der Waals surface area contributed by atoms with Gasteiger partial charge in [-0.25, -0.2) is 0 Å². The van der Waals surface area contributed by atoms with Crippen molar-refractivity contribution in [2.45, 2.75) is 47.0 Å². The SMILES string of the molecule is C=C(C)/C=C\C(=C/C)NC.CCCCC. The molecule has 0 aliphatic carbocycles. The van der Waals surface area contributed by atoms with E-state index in [2.05, 4.69) is 25.7 Å². The Balaban J connectivity index is 0. The Labute approximate surface area is 96.0 Å². The third-order valence-electron chi connectivity index (χ3n) is 1.85. The van der Waals surface area contributed by atoms with Gasteiger partial charge in [-0.15, -0.1) is 0 Å². The number of hydrogen-bond acceptors (Lipinski definition) is 1. The summed E-state index contributed by atoms with van der Waals surface area (Å²) >= 11 is 0. The van der Waals surface area contributed by atoms with Crippen molar-refractivity contribution in [1.82, 2.24) is 5.32 Å². The second-order valence-electron chi connectivity index (χ2n) is 3.53. The van der Waals surface area contributed by atoms with Gasteiger partial charge in [-0.2, -0.15) is 0 Å². The molecule has 0 aromatic heterocycles. The Morgan fingerprint density at radius 1 is 1.20 bits per heavy atom. The normalized spacial score (nSPS) is 10.9. The molecule has 0 saturated heterocycles. The molecule has 0 saturated carbocycles. The van der Waals surface area contributed by atoms with Crippen molar-refractivity contribution in [3.63, 3.8) is 0 Å². The predicted octanol–water partition coefficient (Wildman–Crippen LogP) is 4.44. The summed E-state index contributed by atoms with van der Waals surface area (Å²) in [5.41, 5.74) is 2.18. The summed E-state index contributed by atoms with van der Waals surface area (Å²) in [6.45, 7) is 12.1. The van der Waals surface area contributed by atoms with Crippen molar-refractivity contribution in [3.05, 3.63) is 36.1 Å². The summed E-state index contributed by atoms with van der Waals surface area (Å²) in [5, 5.41) is 3.04. The highest BCUT2D eigenvalue weighted by molar-refractivity contribution is 5.23. The van der Waals surface area contributed by atoms with Crippen molar-refractivity contribution in [2.75, 3.05) is 7.05 Å². The first-order chi connectivity index (χ1) is 7.12. The van der Waals surface area contributed by atoms with Crippen LogP contribution >= 0.6 is 0 Å². The van der Waals surface area contributed by atoms with Gasteiger partial charge in [-0.3, -0.25) is 0 Å². The summed E-state index contributed by atoms with van der Waals surface area (Å²) in [5.74, 6) is 0. The van der Waals surface area contributed by atoms with E-state index >= 15 is 0 Å². The lowest BCUT2D eigenvalue weighted by Gasteiger charge is -1.96. The van der Waals surface area contributed by atoms with Gasteiger partial charge in [0.05, 0.1) is 0 Å².